The number of carbonyl (C=O) groups excluding carboxylic acids is 1. The van der Waals surface area contributed by atoms with Crippen molar-refractivity contribution >= 4 is 23.2 Å². The third-order valence-electron chi connectivity index (χ3n) is 2.33. The molecule has 0 bridgehead atoms. The van der Waals surface area contributed by atoms with Crippen molar-refractivity contribution in [2.24, 2.45) is 0 Å². The van der Waals surface area contributed by atoms with E-state index < -0.39 is 11.6 Å². The lowest BCUT2D eigenvalue weighted by atomic mass is 10.2. The number of phenols is 1. The van der Waals surface area contributed by atoms with Crippen LogP contribution in [0.5, 0.6) is 5.75 Å². The average Bonchev–Trinajstić information content (AvgIpc) is 2.50. The van der Waals surface area contributed by atoms with E-state index in [0.29, 0.717) is 6.54 Å². The van der Waals surface area contributed by atoms with Gasteiger partial charge in [-0.05, 0) is 12.1 Å². The Morgan fingerprint density at radius 3 is 2.87 bits per heavy atom. The lowest BCUT2D eigenvalue weighted by Gasteiger charge is -2.17. The predicted octanol–water partition coefficient (Wildman–Crippen LogP) is 1.88. The second-order valence-corrected chi connectivity index (χ2v) is 4.03. The zero-order chi connectivity index (χ0) is 11.0. The van der Waals surface area contributed by atoms with Gasteiger partial charge in [-0.15, -0.1) is 11.6 Å². The summed E-state index contributed by atoms with van der Waals surface area (Å²) in [7, 11) is 0. The van der Waals surface area contributed by atoms with Gasteiger partial charge in [0.2, 0.25) is 5.91 Å². The minimum Gasteiger partial charge on any atom is -0.503 e. The van der Waals surface area contributed by atoms with E-state index in [1.54, 1.807) is 0 Å². The van der Waals surface area contributed by atoms with E-state index in [1.165, 1.54) is 17.0 Å². The third kappa shape index (κ3) is 1.77. The number of para-hydroxylation sites is 1. The molecule has 1 aromatic rings. The van der Waals surface area contributed by atoms with Crippen molar-refractivity contribution in [1.82, 2.24) is 0 Å². The van der Waals surface area contributed by atoms with Crippen LogP contribution in [0.1, 0.15) is 6.42 Å². The number of carbonyl (C=O) groups is 1. The fraction of sp³-hybridized carbons (Fsp3) is 0.300. The first-order chi connectivity index (χ1) is 7.09. The molecule has 1 unspecified atom stereocenters. The molecule has 3 nitrogen and oxygen atoms in total. The van der Waals surface area contributed by atoms with E-state index in [9.17, 15) is 14.3 Å². The Bertz CT molecular complexity index is 410. The SMILES string of the molecule is O=C1CC(Cl)CN1c1cccc(F)c1O. The molecular formula is C10H9ClFNO2. The van der Waals surface area contributed by atoms with E-state index in [0.717, 1.165) is 6.07 Å². The molecule has 1 N–H and O–H groups in total. The Morgan fingerprint density at radius 2 is 2.27 bits per heavy atom. The molecule has 1 saturated heterocycles. The van der Waals surface area contributed by atoms with Crippen LogP contribution in [0.2, 0.25) is 0 Å². The van der Waals surface area contributed by atoms with Crippen LogP contribution < -0.4 is 4.90 Å². The molecule has 1 atom stereocenters. The second-order valence-electron chi connectivity index (χ2n) is 3.41. The Hall–Kier alpha value is -1.29. The number of hydrogen-bond acceptors (Lipinski definition) is 2. The van der Waals surface area contributed by atoms with Gasteiger partial charge in [-0.25, -0.2) is 4.39 Å². The molecule has 1 heterocycles. The van der Waals surface area contributed by atoms with E-state index in [1.807, 2.05) is 0 Å². The smallest absolute Gasteiger partial charge is 0.228 e. The minimum absolute atomic E-state index is 0.183. The van der Waals surface area contributed by atoms with Crippen molar-refractivity contribution in [2.45, 2.75) is 11.8 Å². The normalized spacial score (nSPS) is 21.1. The van der Waals surface area contributed by atoms with Crippen LogP contribution >= 0.6 is 11.6 Å². The number of amides is 1. The molecule has 80 valence electrons. The number of aromatic hydroxyl groups is 1. The van der Waals surface area contributed by atoms with Gasteiger partial charge in [0.1, 0.15) is 0 Å². The number of hydrogen-bond donors (Lipinski definition) is 1. The highest BCUT2D eigenvalue weighted by atomic mass is 35.5. The van der Waals surface area contributed by atoms with Gasteiger partial charge in [0, 0.05) is 13.0 Å². The van der Waals surface area contributed by atoms with Gasteiger partial charge in [-0.3, -0.25) is 4.79 Å². The van der Waals surface area contributed by atoms with E-state index in [-0.39, 0.29) is 23.4 Å². The van der Waals surface area contributed by atoms with E-state index in [2.05, 4.69) is 0 Å². The van der Waals surface area contributed by atoms with Crippen LogP contribution in [0, 0.1) is 5.82 Å². The highest BCUT2D eigenvalue weighted by Crippen LogP contribution is 2.33. The number of benzene rings is 1. The minimum atomic E-state index is -0.738. The Labute approximate surface area is 91.1 Å². The molecule has 1 aromatic carbocycles. The highest BCUT2D eigenvalue weighted by molar-refractivity contribution is 6.24. The maximum absolute atomic E-state index is 13.0. The molecule has 0 spiro atoms. The average molecular weight is 230 g/mol. The van der Waals surface area contributed by atoms with Gasteiger partial charge in [0.15, 0.2) is 11.6 Å². The van der Waals surface area contributed by atoms with E-state index in [4.69, 9.17) is 11.6 Å². The first-order valence-electron chi connectivity index (χ1n) is 4.51. The number of rotatable bonds is 1. The van der Waals surface area contributed by atoms with E-state index >= 15 is 0 Å². The highest BCUT2D eigenvalue weighted by Gasteiger charge is 2.31. The fourth-order valence-corrected chi connectivity index (χ4v) is 1.89. The summed E-state index contributed by atoms with van der Waals surface area (Å²) in [6.07, 6.45) is 0.220. The van der Waals surface area contributed by atoms with Crippen molar-refractivity contribution in [3.05, 3.63) is 24.0 Å². The summed E-state index contributed by atoms with van der Waals surface area (Å²) in [5.74, 6) is -1.44. The van der Waals surface area contributed by atoms with Crippen molar-refractivity contribution in [3.63, 3.8) is 0 Å². The van der Waals surface area contributed by atoms with Crippen LogP contribution in [0.15, 0.2) is 18.2 Å². The van der Waals surface area contributed by atoms with Crippen LogP contribution in [-0.2, 0) is 4.79 Å². The number of phenolic OH excluding ortho intramolecular Hbond substituents is 1. The van der Waals surface area contributed by atoms with Crippen LogP contribution in [0.25, 0.3) is 0 Å². The maximum atomic E-state index is 13.0. The van der Waals surface area contributed by atoms with Gasteiger partial charge >= 0.3 is 0 Å². The van der Waals surface area contributed by atoms with Crippen molar-refractivity contribution in [1.29, 1.82) is 0 Å². The number of alkyl halides is 1. The Morgan fingerprint density at radius 1 is 1.53 bits per heavy atom. The molecule has 0 aromatic heterocycles. The largest absolute Gasteiger partial charge is 0.503 e. The van der Waals surface area contributed by atoms with Crippen molar-refractivity contribution in [3.8, 4) is 5.75 Å². The molecule has 2 rings (SSSR count). The zero-order valence-corrected chi connectivity index (χ0v) is 8.54. The van der Waals surface area contributed by atoms with Crippen molar-refractivity contribution < 1.29 is 14.3 Å². The van der Waals surface area contributed by atoms with Gasteiger partial charge < -0.3 is 10.0 Å². The van der Waals surface area contributed by atoms with Gasteiger partial charge in [0.05, 0.1) is 11.1 Å². The Kier molecular flexibility index (Phi) is 2.52. The predicted molar refractivity (Wildman–Crippen MR) is 54.7 cm³/mol. The molecule has 1 fully saturated rings. The first kappa shape index (κ1) is 10.2. The van der Waals surface area contributed by atoms with Gasteiger partial charge in [0.25, 0.3) is 0 Å². The maximum Gasteiger partial charge on any atom is 0.228 e. The quantitative estimate of drug-likeness (QED) is 0.747. The van der Waals surface area contributed by atoms with Gasteiger partial charge in [-0.2, -0.15) is 0 Å². The number of nitrogens with zero attached hydrogens (tertiary/aromatic N) is 1. The number of halogens is 2. The summed E-state index contributed by atoms with van der Waals surface area (Å²) in [6, 6.07) is 4.07. The monoisotopic (exact) mass is 229 g/mol. The molecule has 1 aliphatic rings. The zero-order valence-electron chi connectivity index (χ0n) is 7.78. The summed E-state index contributed by atoms with van der Waals surface area (Å²) in [4.78, 5) is 12.8. The molecule has 0 saturated carbocycles. The standard InChI is InChI=1S/C10H9ClFNO2/c11-6-4-9(14)13(5-6)8-3-1-2-7(12)10(8)15/h1-3,6,15H,4-5H2. The molecule has 1 aliphatic heterocycles. The van der Waals surface area contributed by atoms with Crippen LogP contribution in [0.4, 0.5) is 10.1 Å². The van der Waals surface area contributed by atoms with Gasteiger partial charge in [-0.1, -0.05) is 6.07 Å². The summed E-state index contributed by atoms with van der Waals surface area (Å²) in [5.41, 5.74) is 0.183. The molecule has 5 heteroatoms. The summed E-state index contributed by atoms with van der Waals surface area (Å²) >= 11 is 5.81. The third-order valence-corrected chi connectivity index (χ3v) is 2.63. The Balaban J connectivity index is 2.38. The lowest BCUT2D eigenvalue weighted by molar-refractivity contribution is -0.117. The van der Waals surface area contributed by atoms with Crippen molar-refractivity contribution in [2.75, 3.05) is 11.4 Å². The molecule has 15 heavy (non-hydrogen) atoms. The molecular weight excluding hydrogens is 221 g/mol. The molecule has 1 amide bonds. The summed E-state index contributed by atoms with van der Waals surface area (Å²) in [6.45, 7) is 0.303. The summed E-state index contributed by atoms with van der Waals surface area (Å²) < 4.78 is 13.0. The number of anilines is 1. The molecule has 0 aliphatic carbocycles. The topological polar surface area (TPSA) is 40.5 Å². The molecule has 0 radical (unpaired) electrons. The second kappa shape index (κ2) is 3.70. The summed E-state index contributed by atoms with van der Waals surface area (Å²) in [5, 5.41) is 9.17. The lowest BCUT2D eigenvalue weighted by Crippen LogP contribution is -2.24. The first-order valence-corrected chi connectivity index (χ1v) is 4.95. The van der Waals surface area contributed by atoms with Crippen LogP contribution in [0.3, 0.4) is 0 Å². The fourth-order valence-electron chi connectivity index (χ4n) is 1.62. The van der Waals surface area contributed by atoms with Crippen LogP contribution in [-0.4, -0.2) is 22.9 Å².